The molecule has 2 aliphatic rings. The van der Waals surface area contributed by atoms with E-state index >= 15 is 0 Å². The molecule has 1 atom stereocenters. The van der Waals surface area contributed by atoms with Crippen molar-refractivity contribution in [1.29, 1.82) is 0 Å². The van der Waals surface area contributed by atoms with Gasteiger partial charge in [-0.05, 0) is 19.3 Å². The van der Waals surface area contributed by atoms with Gasteiger partial charge in [0.2, 0.25) is 0 Å². The van der Waals surface area contributed by atoms with Gasteiger partial charge >= 0.3 is 0 Å². The molecule has 0 aromatic carbocycles. The highest BCUT2D eigenvalue weighted by molar-refractivity contribution is 5.87. The first-order chi connectivity index (χ1) is 5.38. The van der Waals surface area contributed by atoms with Gasteiger partial charge in [-0.3, -0.25) is 4.99 Å². The van der Waals surface area contributed by atoms with E-state index in [4.69, 9.17) is 0 Å². The van der Waals surface area contributed by atoms with E-state index < -0.39 is 0 Å². The number of aliphatic imine (C=N–C) groups is 1. The van der Waals surface area contributed by atoms with Crippen molar-refractivity contribution >= 4 is 5.84 Å². The zero-order chi connectivity index (χ0) is 7.68. The summed E-state index contributed by atoms with van der Waals surface area (Å²) in [5.41, 5.74) is 0. The predicted octanol–water partition coefficient (Wildman–Crippen LogP) is 0.245. The summed E-state index contributed by atoms with van der Waals surface area (Å²) in [4.78, 5) is 6.54. The Balaban J connectivity index is 2.14. The van der Waals surface area contributed by atoms with Crippen LogP contribution in [-0.4, -0.2) is 41.6 Å². The number of amidine groups is 1. The van der Waals surface area contributed by atoms with Crippen LogP contribution in [0.25, 0.3) is 0 Å². The molecule has 1 N–H and O–H groups in total. The van der Waals surface area contributed by atoms with Crippen LogP contribution in [0.3, 0.4) is 0 Å². The molecule has 0 bridgehead atoms. The summed E-state index contributed by atoms with van der Waals surface area (Å²) >= 11 is 0. The molecule has 2 rings (SSSR count). The average Bonchev–Trinajstić information content (AvgIpc) is 2.06. The number of rotatable bonds is 0. The first-order valence-corrected chi connectivity index (χ1v) is 4.35. The maximum absolute atomic E-state index is 9.53. The minimum Gasteiger partial charge on any atom is -0.385 e. The van der Waals surface area contributed by atoms with Gasteiger partial charge in [0.05, 0.1) is 0 Å². The van der Waals surface area contributed by atoms with Crippen LogP contribution in [0.2, 0.25) is 0 Å². The zero-order valence-corrected chi connectivity index (χ0v) is 6.66. The summed E-state index contributed by atoms with van der Waals surface area (Å²) in [6, 6.07) is 0. The van der Waals surface area contributed by atoms with Crippen molar-refractivity contribution in [1.82, 2.24) is 4.90 Å². The molecule has 3 nitrogen and oxygen atoms in total. The van der Waals surface area contributed by atoms with Crippen LogP contribution in [0.4, 0.5) is 0 Å². The van der Waals surface area contributed by atoms with Crippen LogP contribution in [-0.2, 0) is 0 Å². The van der Waals surface area contributed by atoms with Gasteiger partial charge in [-0.1, -0.05) is 0 Å². The molecule has 1 saturated heterocycles. The lowest BCUT2D eigenvalue weighted by Gasteiger charge is -2.35. The largest absolute Gasteiger partial charge is 0.385 e. The van der Waals surface area contributed by atoms with Crippen LogP contribution < -0.4 is 0 Å². The average molecular weight is 154 g/mol. The highest BCUT2D eigenvalue weighted by atomic mass is 16.3. The van der Waals surface area contributed by atoms with Gasteiger partial charge in [0.15, 0.2) is 0 Å². The lowest BCUT2D eigenvalue weighted by atomic mass is 10.1. The van der Waals surface area contributed by atoms with E-state index in [1.165, 1.54) is 0 Å². The van der Waals surface area contributed by atoms with Gasteiger partial charge in [-0.2, -0.15) is 0 Å². The Morgan fingerprint density at radius 2 is 2.18 bits per heavy atom. The maximum Gasteiger partial charge on any atom is 0.128 e. The van der Waals surface area contributed by atoms with Gasteiger partial charge in [-0.15, -0.1) is 0 Å². The second-order valence-electron chi connectivity index (χ2n) is 3.24. The molecule has 0 aromatic heterocycles. The number of aliphatic hydroxyl groups is 1. The van der Waals surface area contributed by atoms with E-state index in [0.29, 0.717) is 0 Å². The monoisotopic (exact) mass is 154 g/mol. The van der Waals surface area contributed by atoms with E-state index in [-0.39, 0.29) is 6.10 Å². The quantitative estimate of drug-likeness (QED) is 0.542. The maximum atomic E-state index is 9.53. The van der Waals surface area contributed by atoms with Crippen molar-refractivity contribution < 1.29 is 5.11 Å². The van der Waals surface area contributed by atoms with Crippen molar-refractivity contribution in [3.05, 3.63) is 0 Å². The number of fused-ring (bicyclic) bond motifs is 1. The fraction of sp³-hybridized carbons (Fsp3) is 0.875. The topological polar surface area (TPSA) is 35.8 Å². The number of nitrogens with zero attached hydrogens (tertiary/aromatic N) is 2. The third-order valence-corrected chi connectivity index (χ3v) is 2.39. The molecule has 2 aliphatic heterocycles. The Bertz CT molecular complexity index is 179. The summed E-state index contributed by atoms with van der Waals surface area (Å²) in [7, 11) is 0. The number of hydrogen-bond donors (Lipinski definition) is 1. The fourth-order valence-corrected chi connectivity index (χ4v) is 1.82. The number of piperidine rings is 1. The Morgan fingerprint density at radius 3 is 3.00 bits per heavy atom. The Labute approximate surface area is 66.7 Å². The number of hydrogen-bond acceptors (Lipinski definition) is 3. The third-order valence-electron chi connectivity index (χ3n) is 2.39. The highest BCUT2D eigenvalue weighted by Crippen LogP contribution is 2.16. The number of aliphatic hydroxyl groups excluding tert-OH is 1. The van der Waals surface area contributed by atoms with E-state index in [1.807, 2.05) is 0 Å². The normalized spacial score (nSPS) is 31.2. The second-order valence-corrected chi connectivity index (χ2v) is 3.24. The van der Waals surface area contributed by atoms with Crippen LogP contribution >= 0.6 is 0 Å². The molecule has 1 fully saturated rings. The minimum absolute atomic E-state index is 0.274. The van der Waals surface area contributed by atoms with Crippen LogP contribution in [0, 0.1) is 0 Å². The Morgan fingerprint density at radius 1 is 1.36 bits per heavy atom. The van der Waals surface area contributed by atoms with Crippen molar-refractivity contribution in [2.45, 2.75) is 25.4 Å². The Hall–Kier alpha value is -0.570. The molecule has 1 unspecified atom stereocenters. The second kappa shape index (κ2) is 2.81. The van der Waals surface area contributed by atoms with E-state index in [2.05, 4.69) is 9.89 Å². The molecule has 11 heavy (non-hydrogen) atoms. The van der Waals surface area contributed by atoms with Crippen LogP contribution in [0.1, 0.15) is 19.3 Å². The molecule has 0 radical (unpaired) electrons. The lowest BCUT2D eigenvalue weighted by Crippen LogP contribution is -2.46. The van der Waals surface area contributed by atoms with Crippen molar-refractivity contribution in [3.8, 4) is 0 Å². The molecular formula is C8H14N2O. The Kier molecular flexibility index (Phi) is 1.82. The fourth-order valence-electron chi connectivity index (χ4n) is 1.82. The van der Waals surface area contributed by atoms with Gasteiger partial charge < -0.3 is 10.0 Å². The summed E-state index contributed by atoms with van der Waals surface area (Å²) < 4.78 is 0. The zero-order valence-electron chi connectivity index (χ0n) is 6.66. The summed E-state index contributed by atoms with van der Waals surface area (Å²) in [5, 5.41) is 9.53. The molecule has 0 saturated carbocycles. The van der Waals surface area contributed by atoms with Gasteiger partial charge in [0, 0.05) is 19.6 Å². The van der Waals surface area contributed by atoms with Crippen molar-refractivity contribution in [2.24, 2.45) is 4.99 Å². The van der Waals surface area contributed by atoms with E-state index in [0.717, 1.165) is 44.7 Å². The molecule has 0 aliphatic carbocycles. The summed E-state index contributed by atoms with van der Waals surface area (Å²) in [6.45, 7) is 3.09. The van der Waals surface area contributed by atoms with Gasteiger partial charge in [-0.25, -0.2) is 0 Å². The summed E-state index contributed by atoms with van der Waals surface area (Å²) in [6.07, 6.45) is 2.88. The molecule has 2 heterocycles. The first-order valence-electron chi connectivity index (χ1n) is 4.35. The third kappa shape index (κ3) is 1.25. The van der Waals surface area contributed by atoms with E-state index in [1.54, 1.807) is 0 Å². The molecule has 3 heteroatoms. The SMILES string of the molecule is OC1CCCN2CCCN=C12. The lowest BCUT2D eigenvalue weighted by molar-refractivity contribution is 0.173. The van der Waals surface area contributed by atoms with Crippen molar-refractivity contribution in [3.63, 3.8) is 0 Å². The molecule has 0 spiro atoms. The van der Waals surface area contributed by atoms with E-state index in [9.17, 15) is 5.11 Å². The predicted molar refractivity (Wildman–Crippen MR) is 43.7 cm³/mol. The first kappa shape index (κ1) is 7.10. The van der Waals surface area contributed by atoms with Gasteiger partial charge in [0.1, 0.15) is 11.9 Å². The van der Waals surface area contributed by atoms with Crippen molar-refractivity contribution in [2.75, 3.05) is 19.6 Å². The molecule has 0 amide bonds. The standard InChI is InChI=1S/C8H14N2O/c11-7-3-1-5-10-6-2-4-9-8(7)10/h7,11H,1-6H2. The molecular weight excluding hydrogens is 140 g/mol. The summed E-state index contributed by atoms with van der Waals surface area (Å²) in [5.74, 6) is 0.947. The van der Waals surface area contributed by atoms with Crippen LogP contribution in [0.5, 0.6) is 0 Å². The minimum atomic E-state index is -0.274. The van der Waals surface area contributed by atoms with Gasteiger partial charge in [0.25, 0.3) is 0 Å². The smallest absolute Gasteiger partial charge is 0.128 e. The highest BCUT2D eigenvalue weighted by Gasteiger charge is 2.25. The molecule has 62 valence electrons. The molecule has 0 aromatic rings. The van der Waals surface area contributed by atoms with Crippen LogP contribution in [0.15, 0.2) is 4.99 Å².